The number of aromatic carboxylic acids is 1. The Labute approximate surface area is 182 Å². The second-order valence-electron chi connectivity index (χ2n) is 7.58. The molecule has 1 aromatic carbocycles. The minimum absolute atomic E-state index is 0.0434. The summed E-state index contributed by atoms with van der Waals surface area (Å²) in [5.41, 5.74) is 0.415. The van der Waals surface area contributed by atoms with Crippen molar-refractivity contribution in [3.63, 3.8) is 0 Å². The molecule has 0 saturated carbocycles. The fraction of sp³-hybridized carbons (Fsp3) is 0.632. The van der Waals surface area contributed by atoms with Crippen LogP contribution < -0.4 is 5.32 Å². The number of aliphatic hydroxyl groups is 7. The third kappa shape index (κ3) is 5.02. The van der Waals surface area contributed by atoms with Crippen LogP contribution in [0.1, 0.15) is 10.4 Å². The zero-order chi connectivity index (χ0) is 23.6. The third-order valence-corrected chi connectivity index (χ3v) is 5.44. The van der Waals surface area contributed by atoms with Gasteiger partial charge in [-0.25, -0.2) is 4.79 Å². The number of aliphatic hydroxyl groups excluding tert-OH is 7. The molecule has 0 spiro atoms. The largest absolute Gasteiger partial charge is 0.478 e. The maximum atomic E-state index is 10.9. The second-order valence-corrected chi connectivity index (χ2v) is 7.58. The summed E-state index contributed by atoms with van der Waals surface area (Å²) in [5, 5.41) is 81.6. The van der Waals surface area contributed by atoms with Crippen LogP contribution in [-0.2, 0) is 14.2 Å². The maximum Gasteiger partial charge on any atom is 0.335 e. The molecule has 9 N–H and O–H groups in total. The molecular formula is C19H27NO12. The first-order valence-electron chi connectivity index (χ1n) is 9.86. The van der Waals surface area contributed by atoms with Crippen LogP contribution in [0.2, 0.25) is 0 Å². The van der Waals surface area contributed by atoms with Gasteiger partial charge in [-0.2, -0.15) is 0 Å². The predicted octanol–water partition coefficient (Wildman–Crippen LogP) is -3.58. The van der Waals surface area contributed by atoms with Crippen molar-refractivity contribution >= 4 is 11.7 Å². The SMILES string of the molecule is O=C(O)c1ccc(N[C@@H]2O[C@H](CO)[C@@H](O[C@H]3O[C@H](CO)[C@H](O)[C@@H](O)[C@H]3O)[C@@H](O)[C@H]2O)cc1. The van der Waals surface area contributed by atoms with Gasteiger partial charge in [0, 0.05) is 5.69 Å². The molecule has 0 unspecified atom stereocenters. The first-order valence-corrected chi connectivity index (χ1v) is 9.86. The van der Waals surface area contributed by atoms with Crippen molar-refractivity contribution in [3.05, 3.63) is 29.8 Å². The van der Waals surface area contributed by atoms with Crippen molar-refractivity contribution in [1.82, 2.24) is 0 Å². The highest BCUT2D eigenvalue weighted by molar-refractivity contribution is 5.88. The lowest BCUT2D eigenvalue weighted by Crippen LogP contribution is -2.65. The number of carbonyl (C=O) groups is 1. The van der Waals surface area contributed by atoms with E-state index < -0.39 is 80.5 Å². The van der Waals surface area contributed by atoms with Gasteiger partial charge < -0.3 is 60.4 Å². The molecule has 2 fully saturated rings. The Morgan fingerprint density at radius 2 is 1.47 bits per heavy atom. The molecule has 10 atom stereocenters. The highest BCUT2D eigenvalue weighted by Crippen LogP contribution is 2.29. The standard InChI is InChI=1S/C19H27NO12/c21-5-9-11(23)12(24)15(27)19(31-9)32-16-10(6-22)30-17(14(26)13(16)25)20-8-3-1-7(2-4-8)18(28)29/h1-4,9-17,19-27H,5-6H2,(H,28,29)/t9-,10-,11+,12-,13+,14-,15-,16-,17-,19-/m1/s1. The Balaban J connectivity index is 1.70. The van der Waals surface area contributed by atoms with Gasteiger partial charge in [-0.15, -0.1) is 0 Å². The van der Waals surface area contributed by atoms with Gasteiger partial charge in [-0.3, -0.25) is 0 Å². The molecule has 0 aliphatic carbocycles. The van der Waals surface area contributed by atoms with Crippen molar-refractivity contribution in [2.24, 2.45) is 0 Å². The van der Waals surface area contributed by atoms with E-state index >= 15 is 0 Å². The first-order chi connectivity index (χ1) is 15.2. The minimum Gasteiger partial charge on any atom is -0.478 e. The van der Waals surface area contributed by atoms with Crippen molar-refractivity contribution in [3.8, 4) is 0 Å². The first kappa shape index (κ1) is 24.7. The van der Waals surface area contributed by atoms with E-state index in [1.807, 2.05) is 0 Å². The lowest BCUT2D eigenvalue weighted by atomic mass is 9.96. The van der Waals surface area contributed by atoms with Crippen LogP contribution in [-0.4, -0.2) is 121 Å². The molecule has 0 radical (unpaired) electrons. The molecule has 1 aromatic rings. The summed E-state index contributed by atoms with van der Waals surface area (Å²) in [4.78, 5) is 10.9. The summed E-state index contributed by atoms with van der Waals surface area (Å²) in [6.45, 7) is -1.35. The van der Waals surface area contributed by atoms with Crippen LogP contribution in [0.4, 0.5) is 5.69 Å². The highest BCUT2D eigenvalue weighted by Gasteiger charge is 2.50. The van der Waals surface area contributed by atoms with E-state index in [1.165, 1.54) is 24.3 Å². The summed E-state index contributed by atoms with van der Waals surface area (Å²) in [6, 6.07) is 5.50. The topological polar surface area (TPSA) is 219 Å². The summed E-state index contributed by atoms with van der Waals surface area (Å²) in [6.07, 6.45) is -15.0. The van der Waals surface area contributed by atoms with Gasteiger partial charge in [0.15, 0.2) is 12.5 Å². The molecule has 0 aromatic heterocycles. The molecule has 32 heavy (non-hydrogen) atoms. The minimum atomic E-state index is -1.75. The molecule has 13 heteroatoms. The molecule has 0 amide bonds. The zero-order valence-corrected chi connectivity index (χ0v) is 16.7. The van der Waals surface area contributed by atoms with Gasteiger partial charge in [-0.05, 0) is 24.3 Å². The van der Waals surface area contributed by atoms with Crippen LogP contribution in [0, 0.1) is 0 Å². The Hall–Kier alpha value is -1.91. The van der Waals surface area contributed by atoms with Gasteiger partial charge in [0.25, 0.3) is 0 Å². The molecule has 3 rings (SSSR count). The number of ether oxygens (including phenoxy) is 3. The molecule has 2 heterocycles. The van der Waals surface area contributed by atoms with Gasteiger partial charge >= 0.3 is 5.97 Å². The number of carboxylic acids is 1. The Morgan fingerprint density at radius 1 is 0.844 bits per heavy atom. The second kappa shape index (κ2) is 10.4. The summed E-state index contributed by atoms with van der Waals surface area (Å²) in [7, 11) is 0. The quantitative estimate of drug-likeness (QED) is 0.192. The molecule has 0 bridgehead atoms. The van der Waals surface area contributed by atoms with Crippen LogP contribution >= 0.6 is 0 Å². The monoisotopic (exact) mass is 461 g/mol. The number of hydrogen-bond donors (Lipinski definition) is 9. The van der Waals surface area contributed by atoms with E-state index in [4.69, 9.17) is 19.3 Å². The maximum absolute atomic E-state index is 10.9. The van der Waals surface area contributed by atoms with Crippen LogP contribution in [0.3, 0.4) is 0 Å². The molecule has 2 aliphatic heterocycles. The van der Waals surface area contributed by atoms with Gasteiger partial charge in [0.05, 0.1) is 18.8 Å². The van der Waals surface area contributed by atoms with Gasteiger partial charge in [-0.1, -0.05) is 0 Å². The number of nitrogens with one attached hydrogen (secondary N) is 1. The smallest absolute Gasteiger partial charge is 0.335 e. The van der Waals surface area contributed by atoms with Crippen LogP contribution in [0.5, 0.6) is 0 Å². The summed E-state index contributed by atoms with van der Waals surface area (Å²) in [5.74, 6) is -1.12. The van der Waals surface area contributed by atoms with E-state index in [1.54, 1.807) is 0 Å². The van der Waals surface area contributed by atoms with Crippen molar-refractivity contribution < 1.29 is 59.9 Å². The number of rotatable bonds is 7. The average molecular weight is 461 g/mol. The summed E-state index contributed by atoms with van der Waals surface area (Å²) >= 11 is 0. The van der Waals surface area contributed by atoms with E-state index in [0.29, 0.717) is 5.69 Å². The fourth-order valence-corrected chi connectivity index (χ4v) is 3.58. The Kier molecular flexibility index (Phi) is 8.00. The van der Waals surface area contributed by atoms with Crippen molar-refractivity contribution in [1.29, 1.82) is 0 Å². The van der Waals surface area contributed by atoms with E-state index in [9.17, 15) is 40.5 Å². The average Bonchev–Trinajstić information content (AvgIpc) is 2.79. The number of benzene rings is 1. The lowest BCUT2D eigenvalue weighted by molar-refractivity contribution is -0.340. The molecule has 2 saturated heterocycles. The zero-order valence-electron chi connectivity index (χ0n) is 16.7. The Bertz CT molecular complexity index is 759. The van der Waals surface area contributed by atoms with E-state index in [0.717, 1.165) is 0 Å². The lowest BCUT2D eigenvalue weighted by Gasteiger charge is -2.46. The molecule has 13 nitrogen and oxygen atoms in total. The summed E-state index contributed by atoms with van der Waals surface area (Å²) < 4.78 is 16.3. The number of hydrogen-bond acceptors (Lipinski definition) is 12. The Morgan fingerprint density at radius 3 is 2.03 bits per heavy atom. The predicted molar refractivity (Wildman–Crippen MR) is 103 cm³/mol. The third-order valence-electron chi connectivity index (χ3n) is 5.44. The number of carboxylic acid groups (broad SMARTS) is 1. The van der Waals surface area contributed by atoms with Gasteiger partial charge in [0.1, 0.15) is 48.8 Å². The van der Waals surface area contributed by atoms with Crippen LogP contribution in [0.15, 0.2) is 24.3 Å². The molecule has 180 valence electrons. The molecular weight excluding hydrogens is 434 g/mol. The fourth-order valence-electron chi connectivity index (χ4n) is 3.58. The molecule has 2 aliphatic rings. The van der Waals surface area contributed by atoms with Gasteiger partial charge in [0.2, 0.25) is 0 Å². The van der Waals surface area contributed by atoms with E-state index in [2.05, 4.69) is 5.32 Å². The van der Waals surface area contributed by atoms with Crippen molar-refractivity contribution in [2.45, 2.75) is 61.3 Å². The van der Waals surface area contributed by atoms with Crippen LogP contribution in [0.25, 0.3) is 0 Å². The van der Waals surface area contributed by atoms with E-state index in [-0.39, 0.29) is 5.56 Å². The highest BCUT2D eigenvalue weighted by atomic mass is 16.7. The normalized spacial score (nSPS) is 40.1. The van der Waals surface area contributed by atoms with Crippen molar-refractivity contribution in [2.75, 3.05) is 18.5 Å². The number of anilines is 1.